The van der Waals surface area contributed by atoms with E-state index >= 15 is 0 Å². The predicted octanol–water partition coefficient (Wildman–Crippen LogP) is 2.79. The lowest BCUT2D eigenvalue weighted by Crippen LogP contribution is -2.22. The molecule has 2 aromatic rings. The third-order valence-electron chi connectivity index (χ3n) is 3.82. The molecule has 0 aliphatic carbocycles. The van der Waals surface area contributed by atoms with Crippen LogP contribution >= 0.6 is 22.9 Å². The van der Waals surface area contributed by atoms with Gasteiger partial charge in [-0.1, -0.05) is 11.6 Å². The molecule has 0 saturated carbocycles. The summed E-state index contributed by atoms with van der Waals surface area (Å²) in [4.78, 5) is 48.4. The first-order valence-corrected chi connectivity index (χ1v) is 9.79. The van der Waals surface area contributed by atoms with Crippen molar-refractivity contribution in [2.24, 2.45) is 5.73 Å². The van der Waals surface area contributed by atoms with Crippen LogP contribution in [-0.4, -0.2) is 44.1 Å². The number of carbonyl (C=O) groups is 4. The van der Waals surface area contributed by atoms with E-state index in [0.717, 1.165) is 11.3 Å². The van der Waals surface area contributed by atoms with Gasteiger partial charge in [-0.2, -0.15) is 0 Å². The molecule has 0 aliphatic heterocycles. The van der Waals surface area contributed by atoms with E-state index in [1.165, 1.54) is 32.2 Å². The minimum Gasteiger partial charge on any atom is -0.496 e. The number of rotatable bonds is 8. The van der Waals surface area contributed by atoms with Crippen LogP contribution in [-0.2, 0) is 14.3 Å². The van der Waals surface area contributed by atoms with Crippen LogP contribution in [0.5, 0.6) is 5.75 Å². The quantitative estimate of drug-likeness (QED) is 0.585. The van der Waals surface area contributed by atoms with Crippen molar-refractivity contribution in [1.82, 2.24) is 0 Å². The van der Waals surface area contributed by atoms with Gasteiger partial charge in [-0.25, -0.2) is 9.59 Å². The number of thiophene rings is 1. The molecular weight excluding hydrogens is 436 g/mol. The summed E-state index contributed by atoms with van der Waals surface area (Å²) in [5.41, 5.74) is 5.72. The minimum atomic E-state index is -0.801. The molecule has 0 unspecified atom stereocenters. The first-order chi connectivity index (χ1) is 14.2. The second-order valence-electron chi connectivity index (χ2n) is 5.81. The highest BCUT2D eigenvalue weighted by molar-refractivity contribution is 7.18. The Hall–Kier alpha value is -3.11. The predicted molar refractivity (Wildman–Crippen MR) is 110 cm³/mol. The number of hydrogen-bond acceptors (Lipinski definition) is 8. The molecule has 3 N–H and O–H groups in total. The number of methoxy groups -OCH3 is 1. The van der Waals surface area contributed by atoms with Gasteiger partial charge in [-0.3, -0.25) is 9.59 Å². The Kier molecular flexibility index (Phi) is 7.79. The molecule has 160 valence electrons. The second kappa shape index (κ2) is 10.1. The number of halogens is 1. The lowest BCUT2D eigenvalue weighted by molar-refractivity contribution is -0.119. The lowest BCUT2D eigenvalue weighted by Gasteiger charge is -2.10. The van der Waals surface area contributed by atoms with E-state index in [4.69, 9.17) is 31.5 Å². The van der Waals surface area contributed by atoms with E-state index in [-0.39, 0.29) is 33.4 Å². The van der Waals surface area contributed by atoms with Gasteiger partial charge in [0.1, 0.15) is 16.3 Å². The van der Waals surface area contributed by atoms with Gasteiger partial charge in [-0.15, -0.1) is 11.3 Å². The largest absolute Gasteiger partial charge is 0.496 e. The highest BCUT2D eigenvalue weighted by Gasteiger charge is 2.26. The fraction of sp³-hybridized carbons (Fsp3) is 0.263. The maximum atomic E-state index is 12.3. The zero-order valence-electron chi connectivity index (χ0n) is 16.4. The van der Waals surface area contributed by atoms with Gasteiger partial charge in [0.15, 0.2) is 6.61 Å². The van der Waals surface area contributed by atoms with Crippen LogP contribution < -0.4 is 15.8 Å². The van der Waals surface area contributed by atoms with E-state index in [9.17, 15) is 19.2 Å². The summed E-state index contributed by atoms with van der Waals surface area (Å²) in [5, 5.41) is 2.89. The molecule has 9 nitrogen and oxygen atoms in total. The number of esters is 2. The molecule has 0 bridgehead atoms. The first kappa shape index (κ1) is 23.2. The van der Waals surface area contributed by atoms with Crippen LogP contribution in [0.3, 0.4) is 0 Å². The molecule has 0 atom stereocenters. The smallest absolute Gasteiger partial charge is 0.342 e. The van der Waals surface area contributed by atoms with Crippen molar-refractivity contribution in [2.75, 3.05) is 25.6 Å². The highest BCUT2D eigenvalue weighted by atomic mass is 35.5. The van der Waals surface area contributed by atoms with E-state index in [1.54, 1.807) is 6.92 Å². The maximum absolute atomic E-state index is 12.3. The number of amides is 2. The molecule has 0 radical (unpaired) electrons. The Morgan fingerprint density at radius 2 is 1.87 bits per heavy atom. The third-order valence-corrected chi connectivity index (χ3v) is 5.28. The van der Waals surface area contributed by atoms with Gasteiger partial charge < -0.3 is 25.3 Å². The minimum absolute atomic E-state index is 0.0229. The number of carbonyl (C=O) groups excluding carboxylic acids is 4. The van der Waals surface area contributed by atoms with Crippen molar-refractivity contribution in [1.29, 1.82) is 0 Å². The van der Waals surface area contributed by atoms with Gasteiger partial charge >= 0.3 is 11.9 Å². The van der Waals surface area contributed by atoms with Crippen molar-refractivity contribution in [3.63, 3.8) is 0 Å². The summed E-state index contributed by atoms with van der Waals surface area (Å²) in [6.07, 6.45) is 0. The summed E-state index contributed by atoms with van der Waals surface area (Å²) < 4.78 is 15.0. The zero-order valence-corrected chi connectivity index (χ0v) is 17.9. The van der Waals surface area contributed by atoms with Crippen molar-refractivity contribution < 1.29 is 33.4 Å². The van der Waals surface area contributed by atoms with Crippen molar-refractivity contribution in [2.45, 2.75) is 13.8 Å². The molecule has 2 rings (SSSR count). The zero-order chi connectivity index (χ0) is 22.4. The average Bonchev–Trinajstić information content (AvgIpc) is 3.02. The maximum Gasteiger partial charge on any atom is 0.342 e. The third kappa shape index (κ3) is 5.28. The molecule has 30 heavy (non-hydrogen) atoms. The van der Waals surface area contributed by atoms with Gasteiger partial charge in [0.25, 0.3) is 11.8 Å². The van der Waals surface area contributed by atoms with Crippen LogP contribution in [0.4, 0.5) is 5.00 Å². The number of benzene rings is 1. The lowest BCUT2D eigenvalue weighted by atomic mass is 10.1. The Morgan fingerprint density at radius 1 is 1.17 bits per heavy atom. The number of hydrogen-bond donors (Lipinski definition) is 2. The standard InChI is InChI=1S/C19H19ClN2O7S/c1-4-28-19(26)14-9(2)15(16(21)24)30-17(14)22-13(23)8-29-18(25)11-6-5-10(20)7-12(11)27-3/h5-7H,4,8H2,1-3H3,(H2,21,24)(H,22,23). The highest BCUT2D eigenvalue weighted by Crippen LogP contribution is 2.33. The Morgan fingerprint density at radius 3 is 2.47 bits per heavy atom. The van der Waals surface area contributed by atoms with Gasteiger partial charge in [0.2, 0.25) is 0 Å². The SMILES string of the molecule is CCOC(=O)c1c(NC(=O)COC(=O)c2ccc(Cl)cc2OC)sc(C(N)=O)c1C. The summed E-state index contributed by atoms with van der Waals surface area (Å²) in [5.74, 6) is -2.79. The van der Waals surface area contributed by atoms with Crippen molar-refractivity contribution in [3.05, 3.63) is 44.8 Å². The fourth-order valence-electron chi connectivity index (χ4n) is 2.49. The Bertz CT molecular complexity index is 1000. The van der Waals surface area contributed by atoms with Crippen LogP contribution in [0.1, 0.15) is 42.9 Å². The van der Waals surface area contributed by atoms with Gasteiger partial charge in [0.05, 0.1) is 24.2 Å². The fourth-order valence-corrected chi connectivity index (χ4v) is 3.72. The summed E-state index contributed by atoms with van der Waals surface area (Å²) in [7, 11) is 1.36. The number of anilines is 1. The molecule has 0 fully saturated rings. The number of nitrogens with two attached hydrogens (primary N) is 1. The Balaban J connectivity index is 2.15. The summed E-state index contributed by atoms with van der Waals surface area (Å²) in [6.45, 7) is 2.60. The monoisotopic (exact) mass is 454 g/mol. The average molecular weight is 455 g/mol. The molecule has 1 heterocycles. The summed E-state index contributed by atoms with van der Waals surface area (Å²) >= 11 is 6.68. The van der Waals surface area contributed by atoms with Crippen LogP contribution in [0.25, 0.3) is 0 Å². The number of nitrogens with one attached hydrogen (secondary N) is 1. The van der Waals surface area contributed by atoms with Crippen molar-refractivity contribution >= 4 is 51.7 Å². The number of ether oxygens (including phenoxy) is 3. The Labute approximate surface area is 181 Å². The van der Waals surface area contributed by atoms with E-state index in [1.807, 2.05) is 0 Å². The van der Waals surface area contributed by atoms with Crippen LogP contribution in [0, 0.1) is 6.92 Å². The number of primary amides is 1. The normalized spacial score (nSPS) is 10.3. The van der Waals surface area contributed by atoms with E-state index < -0.39 is 30.4 Å². The molecule has 11 heteroatoms. The van der Waals surface area contributed by atoms with Crippen LogP contribution in [0.15, 0.2) is 18.2 Å². The van der Waals surface area contributed by atoms with E-state index in [2.05, 4.69) is 5.32 Å². The molecular formula is C19H19ClN2O7S. The summed E-state index contributed by atoms with van der Waals surface area (Å²) in [6, 6.07) is 4.32. The molecule has 0 spiro atoms. The molecule has 0 aliphatic rings. The van der Waals surface area contributed by atoms with Crippen molar-refractivity contribution in [3.8, 4) is 5.75 Å². The topological polar surface area (TPSA) is 134 Å². The molecule has 1 aromatic heterocycles. The van der Waals surface area contributed by atoms with Gasteiger partial charge in [0, 0.05) is 5.02 Å². The molecule has 1 aromatic carbocycles. The second-order valence-corrected chi connectivity index (χ2v) is 7.27. The van der Waals surface area contributed by atoms with Crippen LogP contribution in [0.2, 0.25) is 5.02 Å². The van der Waals surface area contributed by atoms with E-state index in [0.29, 0.717) is 10.6 Å². The first-order valence-electron chi connectivity index (χ1n) is 8.60. The molecule has 2 amide bonds. The van der Waals surface area contributed by atoms with Gasteiger partial charge in [-0.05, 0) is 37.6 Å². The molecule has 0 saturated heterocycles.